The number of fused-ring (bicyclic) bond motifs is 1. The molecule has 0 aromatic heterocycles. The maximum Gasteiger partial charge on any atom is 0.422 e. The molecule has 2 aromatic carbocycles. The van der Waals surface area contributed by atoms with Crippen molar-refractivity contribution in [2.24, 2.45) is 10.1 Å². The fraction of sp³-hybridized carbons (Fsp3) is 0.400. The molecular formula is C30H31F4N5O8. The van der Waals surface area contributed by atoms with Gasteiger partial charge in [-0.05, 0) is 23.8 Å². The maximum absolute atomic E-state index is 14.0. The molecule has 4 atom stereocenters. The third-order valence-corrected chi connectivity index (χ3v) is 7.71. The lowest BCUT2D eigenvalue weighted by molar-refractivity contribution is -0.189. The summed E-state index contributed by atoms with van der Waals surface area (Å²) in [4.78, 5) is 28.8. The first-order chi connectivity index (χ1) is 22.4. The summed E-state index contributed by atoms with van der Waals surface area (Å²) < 4.78 is 67.3. The Kier molecular flexibility index (Phi) is 10.1. The number of rotatable bonds is 14. The van der Waals surface area contributed by atoms with E-state index in [9.17, 15) is 42.5 Å². The molecule has 1 saturated heterocycles. The molecule has 2 aromatic rings. The maximum atomic E-state index is 14.0. The number of halogens is 4. The van der Waals surface area contributed by atoms with Crippen LogP contribution in [0.1, 0.15) is 17.5 Å². The summed E-state index contributed by atoms with van der Waals surface area (Å²) in [6, 6.07) is 11.2. The van der Waals surface area contributed by atoms with E-state index in [0.29, 0.717) is 23.5 Å². The third kappa shape index (κ3) is 7.87. The first-order valence-electron chi connectivity index (χ1n) is 14.4. The van der Waals surface area contributed by atoms with Gasteiger partial charge in [0.1, 0.15) is 30.1 Å². The van der Waals surface area contributed by atoms with E-state index < -0.39 is 67.8 Å². The number of carboxylic acids is 2. The molecule has 1 unspecified atom stereocenters. The number of nitrogens with zero attached hydrogens (tertiary/aromatic N) is 3. The highest BCUT2D eigenvalue weighted by atomic mass is 19.4. The number of aliphatic hydroxyl groups excluding tert-OH is 1. The Labute approximate surface area is 265 Å². The Balaban J connectivity index is 1.18. The Bertz CT molecular complexity index is 1540. The van der Waals surface area contributed by atoms with Crippen molar-refractivity contribution in [2.45, 2.75) is 55.6 Å². The van der Waals surface area contributed by atoms with Gasteiger partial charge in [-0.15, -0.1) is 0 Å². The molecule has 47 heavy (non-hydrogen) atoms. The molecule has 5 N–H and O–H groups in total. The highest BCUT2D eigenvalue weighted by Crippen LogP contribution is 2.33. The van der Waals surface area contributed by atoms with Gasteiger partial charge in [0.25, 0.3) is 5.60 Å². The van der Waals surface area contributed by atoms with E-state index in [1.165, 1.54) is 24.5 Å². The van der Waals surface area contributed by atoms with E-state index in [1.54, 1.807) is 29.4 Å². The molecule has 3 aliphatic rings. The molecule has 0 aliphatic carbocycles. The van der Waals surface area contributed by atoms with E-state index in [1.807, 2.05) is 0 Å². The molecule has 0 bridgehead atoms. The molecule has 1 fully saturated rings. The van der Waals surface area contributed by atoms with E-state index >= 15 is 0 Å². The van der Waals surface area contributed by atoms with Crippen LogP contribution in [0.3, 0.4) is 0 Å². The topological polar surface area (TPSA) is 175 Å². The normalized spacial score (nSPS) is 22.4. The second kappa shape index (κ2) is 14.0. The average molecular weight is 666 g/mol. The molecule has 3 aliphatic heterocycles. The Morgan fingerprint density at radius 3 is 2.49 bits per heavy atom. The van der Waals surface area contributed by atoms with Crippen molar-refractivity contribution in [2.75, 3.05) is 19.8 Å². The second-order valence-electron chi connectivity index (χ2n) is 11.0. The number of aliphatic carboxylic acids is 2. The fourth-order valence-corrected chi connectivity index (χ4v) is 5.26. The number of alkyl halides is 3. The second-order valence-corrected chi connectivity index (χ2v) is 11.0. The highest BCUT2D eigenvalue weighted by Gasteiger charge is 2.50. The van der Waals surface area contributed by atoms with Crippen molar-refractivity contribution in [3.63, 3.8) is 0 Å². The number of carboxylic acid groups (broad SMARTS) is 2. The number of carbonyl (C=O) groups is 2. The lowest BCUT2D eigenvalue weighted by Crippen LogP contribution is -2.52. The number of benzene rings is 2. The molecule has 13 nitrogen and oxygen atoms in total. The first-order valence-corrected chi connectivity index (χ1v) is 14.4. The highest BCUT2D eigenvalue weighted by molar-refractivity contribution is 6.02. The van der Waals surface area contributed by atoms with Gasteiger partial charge in [-0.2, -0.15) is 18.3 Å². The number of hydrogen-bond acceptors (Lipinski definition) is 11. The van der Waals surface area contributed by atoms with Gasteiger partial charge in [0.2, 0.25) is 0 Å². The molecule has 0 spiro atoms. The summed E-state index contributed by atoms with van der Waals surface area (Å²) in [5.41, 5.74) is -0.987. The van der Waals surface area contributed by atoms with Crippen molar-refractivity contribution < 1.29 is 56.7 Å². The summed E-state index contributed by atoms with van der Waals surface area (Å²) in [6.45, 7) is -1.57. The molecule has 17 heteroatoms. The number of hydrazone groups is 1. The van der Waals surface area contributed by atoms with E-state index in [0.717, 1.165) is 12.1 Å². The van der Waals surface area contributed by atoms with E-state index in [2.05, 4.69) is 25.5 Å². The molecule has 0 saturated carbocycles. The van der Waals surface area contributed by atoms with Crippen LogP contribution in [0.2, 0.25) is 0 Å². The zero-order valence-electron chi connectivity index (χ0n) is 24.6. The lowest BCUT2D eigenvalue weighted by atomic mass is 9.94. The molecule has 252 valence electrons. The van der Waals surface area contributed by atoms with Gasteiger partial charge in [-0.25, -0.2) is 24.0 Å². The number of aliphatic imine (C=N–C) groups is 1. The summed E-state index contributed by atoms with van der Waals surface area (Å²) in [5.74, 6) is -4.13. The Morgan fingerprint density at radius 2 is 1.81 bits per heavy atom. The van der Waals surface area contributed by atoms with Gasteiger partial charge in [0.15, 0.2) is 12.8 Å². The quantitative estimate of drug-likeness (QED) is 0.148. The average Bonchev–Trinajstić information content (AvgIpc) is 3.62. The van der Waals surface area contributed by atoms with Crippen LogP contribution in [-0.4, -0.2) is 100 Å². The van der Waals surface area contributed by atoms with Crippen molar-refractivity contribution in [3.05, 3.63) is 77.4 Å². The smallest absolute Gasteiger partial charge is 0.422 e. The first kappa shape index (κ1) is 33.8. The Morgan fingerprint density at radius 1 is 1.09 bits per heavy atom. The molecule has 5 rings (SSSR count). The van der Waals surface area contributed by atoms with Crippen molar-refractivity contribution in [3.8, 4) is 5.75 Å². The van der Waals surface area contributed by atoms with Crippen LogP contribution in [0, 0.1) is 5.82 Å². The fourth-order valence-electron chi connectivity index (χ4n) is 5.26. The van der Waals surface area contributed by atoms with Crippen LogP contribution in [-0.2, 0) is 32.0 Å². The monoisotopic (exact) mass is 665 g/mol. The van der Waals surface area contributed by atoms with Crippen molar-refractivity contribution in [1.82, 2.24) is 15.6 Å². The molecule has 0 amide bonds. The van der Waals surface area contributed by atoms with Gasteiger partial charge >= 0.3 is 18.1 Å². The SMILES string of the molecule is O=C(O)C(Cc1ccc(OCC(F)(F)F)cc1)(OC[C@H]1O[C@@H](C2=CNC3C(CNCc4ccccc4F)=NC=NN23)C[C@@H]1O)C(=O)O. The zero-order valence-corrected chi connectivity index (χ0v) is 24.6. The summed E-state index contributed by atoms with van der Waals surface area (Å²) >= 11 is 0. The molecular weight excluding hydrogens is 634 g/mol. The van der Waals surface area contributed by atoms with Crippen LogP contribution in [0.5, 0.6) is 5.75 Å². The standard InChI is InChI=1S/C30H31F4N5O8/c31-20-4-2-1-3-18(20)11-35-12-21-26-36-13-22(39(26)38-16-37-21)24-9-23(40)25(47-24)14-46-29(27(41)42,28(43)44)10-17-5-7-19(8-6-17)45-15-30(32,33)34/h1-8,13,16,23-26,35-36,40H,9-12,14-15H2,(H,41,42)(H,43,44)/t23-,24+,25+,26?/m0/s1. The van der Waals surface area contributed by atoms with Crippen LogP contribution < -0.4 is 15.4 Å². The summed E-state index contributed by atoms with van der Waals surface area (Å²) in [6.07, 6.45) is -5.69. The predicted octanol–water partition coefficient (Wildman–Crippen LogP) is 2.01. The van der Waals surface area contributed by atoms with E-state index in [-0.39, 0.29) is 30.1 Å². The number of ether oxygens (including phenoxy) is 3. The minimum Gasteiger partial charge on any atom is -0.484 e. The van der Waals surface area contributed by atoms with Gasteiger partial charge in [0, 0.05) is 37.7 Å². The summed E-state index contributed by atoms with van der Waals surface area (Å²) in [7, 11) is 0. The van der Waals surface area contributed by atoms with Crippen molar-refractivity contribution in [1.29, 1.82) is 0 Å². The number of nitrogens with one attached hydrogen (secondary N) is 2. The van der Waals surface area contributed by atoms with Gasteiger partial charge < -0.3 is 40.2 Å². The number of aliphatic hydroxyl groups is 1. The lowest BCUT2D eigenvalue weighted by Gasteiger charge is -2.30. The van der Waals surface area contributed by atoms with E-state index in [4.69, 9.17) is 9.47 Å². The minimum atomic E-state index is -4.56. The van der Waals surface area contributed by atoms with Crippen LogP contribution in [0.15, 0.2) is 70.5 Å². The van der Waals surface area contributed by atoms with Crippen LogP contribution >= 0.6 is 0 Å². The largest absolute Gasteiger partial charge is 0.484 e. The van der Waals surface area contributed by atoms with Gasteiger partial charge in [-0.3, -0.25) is 0 Å². The molecule has 0 radical (unpaired) electrons. The van der Waals surface area contributed by atoms with Crippen molar-refractivity contribution >= 4 is 24.0 Å². The Hall–Kier alpha value is -4.58. The van der Waals surface area contributed by atoms with Gasteiger partial charge in [0.05, 0.1) is 24.1 Å². The summed E-state index contributed by atoms with van der Waals surface area (Å²) in [5, 5.41) is 42.8. The third-order valence-electron chi connectivity index (χ3n) is 7.71. The predicted molar refractivity (Wildman–Crippen MR) is 156 cm³/mol. The minimum absolute atomic E-state index is 0.0603. The van der Waals surface area contributed by atoms with Crippen LogP contribution in [0.25, 0.3) is 0 Å². The molecule has 3 heterocycles. The van der Waals surface area contributed by atoms with Gasteiger partial charge in [-0.1, -0.05) is 30.3 Å². The number of hydrogen-bond donors (Lipinski definition) is 5. The van der Waals surface area contributed by atoms with Crippen LogP contribution in [0.4, 0.5) is 17.6 Å². The zero-order chi connectivity index (χ0) is 33.8.